The molecule has 1 aliphatic rings. The van der Waals surface area contributed by atoms with Crippen LogP contribution >= 0.6 is 23.2 Å². The topological polar surface area (TPSA) is 46.6 Å². The molecule has 0 N–H and O–H groups in total. The molecule has 6 heteroatoms. The smallest absolute Gasteiger partial charge is 0.410 e. The van der Waals surface area contributed by atoms with E-state index in [0.717, 1.165) is 5.56 Å². The second kappa shape index (κ2) is 7.10. The van der Waals surface area contributed by atoms with E-state index in [-0.39, 0.29) is 17.8 Å². The lowest BCUT2D eigenvalue weighted by molar-refractivity contribution is -0.125. The van der Waals surface area contributed by atoms with Crippen LogP contribution in [0.3, 0.4) is 0 Å². The van der Waals surface area contributed by atoms with Gasteiger partial charge in [0, 0.05) is 35.5 Å². The van der Waals surface area contributed by atoms with E-state index in [1.165, 1.54) is 0 Å². The summed E-state index contributed by atoms with van der Waals surface area (Å²) >= 11 is 12.2. The number of ether oxygens (including phenoxy) is 1. The molecular weight excluding hydrogens is 337 g/mol. The van der Waals surface area contributed by atoms with Gasteiger partial charge in [-0.1, -0.05) is 23.2 Å². The Kier molecular flexibility index (Phi) is 5.58. The number of Topliss-reactive ketones (excluding diaryl/α,β-unsaturated/α-hetero) is 1. The summed E-state index contributed by atoms with van der Waals surface area (Å²) in [6.45, 7) is 6.21. The van der Waals surface area contributed by atoms with Gasteiger partial charge >= 0.3 is 6.09 Å². The highest BCUT2D eigenvalue weighted by atomic mass is 35.5. The fraction of sp³-hybridized carbons (Fsp3) is 0.529. The van der Waals surface area contributed by atoms with Crippen LogP contribution in [0.5, 0.6) is 0 Å². The van der Waals surface area contributed by atoms with E-state index in [9.17, 15) is 9.59 Å². The van der Waals surface area contributed by atoms with Crippen LogP contribution in [-0.2, 0) is 16.0 Å². The van der Waals surface area contributed by atoms with E-state index in [0.29, 0.717) is 36.0 Å². The third-order valence-corrected chi connectivity index (χ3v) is 4.25. The van der Waals surface area contributed by atoms with Crippen LogP contribution in [0.25, 0.3) is 0 Å². The van der Waals surface area contributed by atoms with Crippen LogP contribution in [-0.4, -0.2) is 35.5 Å². The molecule has 1 heterocycles. The fourth-order valence-corrected chi connectivity index (χ4v) is 2.93. The third-order valence-electron chi connectivity index (χ3n) is 3.65. The zero-order valence-corrected chi connectivity index (χ0v) is 15.1. The van der Waals surface area contributed by atoms with Gasteiger partial charge in [0.1, 0.15) is 11.4 Å². The van der Waals surface area contributed by atoms with Crippen LogP contribution < -0.4 is 0 Å². The second-order valence-electron chi connectivity index (χ2n) is 6.78. The maximum absolute atomic E-state index is 12.2. The number of carbonyl (C=O) groups excluding carboxylic acids is 2. The van der Waals surface area contributed by atoms with Crippen LogP contribution in [0.4, 0.5) is 4.79 Å². The van der Waals surface area contributed by atoms with Gasteiger partial charge in [-0.3, -0.25) is 4.79 Å². The molecule has 0 saturated carbocycles. The predicted octanol–water partition coefficient (Wildman–Crippen LogP) is 4.36. The number of benzene rings is 1. The first-order valence-electron chi connectivity index (χ1n) is 7.60. The predicted molar refractivity (Wildman–Crippen MR) is 91.1 cm³/mol. The first-order chi connectivity index (χ1) is 10.7. The van der Waals surface area contributed by atoms with Crippen molar-refractivity contribution in [3.05, 3.63) is 33.8 Å². The van der Waals surface area contributed by atoms with Gasteiger partial charge in [-0.15, -0.1) is 0 Å². The van der Waals surface area contributed by atoms with Crippen LogP contribution in [0, 0.1) is 5.92 Å². The number of ketones is 1. The summed E-state index contributed by atoms with van der Waals surface area (Å²) in [6, 6.07) is 5.20. The average Bonchev–Trinajstić information content (AvgIpc) is 2.43. The van der Waals surface area contributed by atoms with Crippen molar-refractivity contribution in [1.82, 2.24) is 4.90 Å². The van der Waals surface area contributed by atoms with Gasteiger partial charge in [0.25, 0.3) is 0 Å². The number of halogens is 2. The molecule has 0 radical (unpaired) electrons. The molecule has 1 saturated heterocycles. The van der Waals surface area contributed by atoms with Crippen LogP contribution in [0.1, 0.15) is 32.8 Å². The van der Waals surface area contributed by atoms with Crippen molar-refractivity contribution in [2.24, 2.45) is 5.92 Å². The van der Waals surface area contributed by atoms with E-state index in [1.54, 1.807) is 23.1 Å². The van der Waals surface area contributed by atoms with Crippen LogP contribution in [0.15, 0.2) is 18.2 Å². The first kappa shape index (κ1) is 18.1. The molecule has 1 aromatic rings. The molecule has 1 aliphatic heterocycles. The van der Waals surface area contributed by atoms with Gasteiger partial charge in [-0.05, 0) is 51.0 Å². The Morgan fingerprint density at radius 2 is 2.04 bits per heavy atom. The van der Waals surface area contributed by atoms with Gasteiger partial charge < -0.3 is 9.64 Å². The Morgan fingerprint density at radius 1 is 1.35 bits per heavy atom. The molecule has 1 aromatic carbocycles. The number of hydrogen-bond donors (Lipinski definition) is 0. The SMILES string of the molecule is CC(C)(C)OC(=O)N1CCC(=O)C(Cc2cc(Cl)ccc2Cl)C1. The Labute approximate surface area is 146 Å². The minimum atomic E-state index is -0.551. The highest BCUT2D eigenvalue weighted by molar-refractivity contribution is 6.33. The summed E-state index contributed by atoms with van der Waals surface area (Å²) in [5.74, 6) is -0.145. The van der Waals surface area contributed by atoms with E-state index >= 15 is 0 Å². The lowest BCUT2D eigenvalue weighted by atomic mass is 9.90. The molecule has 23 heavy (non-hydrogen) atoms. The zero-order valence-electron chi connectivity index (χ0n) is 13.6. The minimum absolute atomic E-state index is 0.140. The van der Waals surface area contributed by atoms with Gasteiger partial charge in [0.05, 0.1) is 0 Å². The van der Waals surface area contributed by atoms with Gasteiger partial charge in [0.2, 0.25) is 0 Å². The van der Waals surface area contributed by atoms with E-state index in [2.05, 4.69) is 0 Å². The number of nitrogens with zero attached hydrogens (tertiary/aromatic N) is 1. The Balaban J connectivity index is 2.08. The molecule has 126 valence electrons. The van der Waals surface area contributed by atoms with Crippen molar-refractivity contribution in [3.63, 3.8) is 0 Å². The van der Waals surface area contributed by atoms with E-state index < -0.39 is 5.60 Å². The van der Waals surface area contributed by atoms with Gasteiger partial charge in [0.15, 0.2) is 0 Å². The average molecular weight is 358 g/mol. The first-order valence-corrected chi connectivity index (χ1v) is 8.36. The summed E-state index contributed by atoms with van der Waals surface area (Å²) in [5, 5.41) is 1.16. The van der Waals surface area contributed by atoms with Crippen molar-refractivity contribution in [2.45, 2.75) is 39.2 Å². The molecule has 2 rings (SSSR count). The Morgan fingerprint density at radius 3 is 2.70 bits per heavy atom. The molecule has 1 fully saturated rings. The second-order valence-corrected chi connectivity index (χ2v) is 7.62. The lowest BCUT2D eigenvalue weighted by Crippen LogP contribution is -2.46. The van der Waals surface area contributed by atoms with Crippen molar-refractivity contribution in [2.75, 3.05) is 13.1 Å². The van der Waals surface area contributed by atoms with Crippen molar-refractivity contribution in [1.29, 1.82) is 0 Å². The third kappa shape index (κ3) is 5.11. The molecule has 0 bridgehead atoms. The number of piperidine rings is 1. The molecule has 4 nitrogen and oxygen atoms in total. The molecular formula is C17H21Cl2NO3. The van der Waals surface area contributed by atoms with Crippen molar-refractivity contribution < 1.29 is 14.3 Å². The Bertz CT molecular complexity index is 610. The number of likely N-dealkylation sites (tertiary alicyclic amines) is 1. The number of amides is 1. The quantitative estimate of drug-likeness (QED) is 0.789. The summed E-state index contributed by atoms with van der Waals surface area (Å²) < 4.78 is 5.38. The highest BCUT2D eigenvalue weighted by Gasteiger charge is 2.32. The number of carbonyl (C=O) groups is 2. The van der Waals surface area contributed by atoms with Gasteiger partial charge in [-0.25, -0.2) is 4.79 Å². The monoisotopic (exact) mass is 357 g/mol. The summed E-state index contributed by atoms with van der Waals surface area (Å²) in [4.78, 5) is 26.0. The molecule has 0 aromatic heterocycles. The Hall–Kier alpha value is -1.26. The summed E-state index contributed by atoms with van der Waals surface area (Å²) in [7, 11) is 0. The zero-order chi connectivity index (χ0) is 17.2. The van der Waals surface area contributed by atoms with Crippen molar-refractivity contribution in [3.8, 4) is 0 Å². The fourth-order valence-electron chi connectivity index (χ4n) is 2.54. The molecule has 1 unspecified atom stereocenters. The molecule has 1 atom stereocenters. The van der Waals surface area contributed by atoms with E-state index in [1.807, 2.05) is 20.8 Å². The lowest BCUT2D eigenvalue weighted by Gasteiger charge is -2.33. The summed E-state index contributed by atoms with van der Waals surface area (Å²) in [5.41, 5.74) is 0.271. The number of hydrogen-bond acceptors (Lipinski definition) is 3. The molecule has 0 aliphatic carbocycles. The maximum atomic E-state index is 12.2. The highest BCUT2D eigenvalue weighted by Crippen LogP contribution is 2.26. The van der Waals surface area contributed by atoms with Crippen molar-refractivity contribution >= 4 is 35.1 Å². The number of rotatable bonds is 2. The standard InChI is InChI=1S/C17H21Cl2NO3/c1-17(2,3)23-16(22)20-7-6-15(21)12(10-20)8-11-9-13(18)4-5-14(11)19/h4-5,9,12H,6-8,10H2,1-3H3. The summed E-state index contributed by atoms with van der Waals surface area (Å²) in [6.07, 6.45) is 0.423. The minimum Gasteiger partial charge on any atom is -0.444 e. The largest absolute Gasteiger partial charge is 0.444 e. The normalized spacial score (nSPS) is 18.9. The van der Waals surface area contributed by atoms with E-state index in [4.69, 9.17) is 27.9 Å². The molecule has 1 amide bonds. The van der Waals surface area contributed by atoms with Crippen LogP contribution in [0.2, 0.25) is 10.0 Å². The maximum Gasteiger partial charge on any atom is 0.410 e. The molecule has 0 spiro atoms. The van der Waals surface area contributed by atoms with Gasteiger partial charge in [-0.2, -0.15) is 0 Å².